The van der Waals surface area contributed by atoms with E-state index < -0.39 is 22.2 Å². The molecule has 34 heavy (non-hydrogen) atoms. The van der Waals surface area contributed by atoms with Gasteiger partial charge in [0.1, 0.15) is 11.4 Å². The van der Waals surface area contributed by atoms with Crippen LogP contribution in [-0.2, 0) is 15.0 Å². The number of imide groups is 1. The Balaban J connectivity index is 1.62. The van der Waals surface area contributed by atoms with Crippen molar-refractivity contribution < 1.29 is 19.2 Å². The zero-order valence-corrected chi connectivity index (χ0v) is 18.7. The van der Waals surface area contributed by atoms with Crippen LogP contribution in [0.1, 0.15) is 41.5 Å². The first-order valence-electron chi connectivity index (χ1n) is 11.3. The summed E-state index contributed by atoms with van der Waals surface area (Å²) < 4.78 is 5.42. The highest BCUT2D eigenvalue weighted by Gasteiger charge is 2.67. The molecule has 2 atom stereocenters. The smallest absolute Gasteiger partial charge is 0.271 e. The topological polar surface area (TPSA) is 89.8 Å². The van der Waals surface area contributed by atoms with Crippen LogP contribution in [0.3, 0.4) is 0 Å². The number of nitrogens with zero attached hydrogens (tertiary/aromatic N) is 2. The molecule has 3 aromatic carbocycles. The summed E-state index contributed by atoms with van der Waals surface area (Å²) in [6, 6.07) is 20.2. The van der Waals surface area contributed by atoms with Crippen LogP contribution in [0, 0.1) is 22.0 Å². The van der Waals surface area contributed by atoms with Crippen molar-refractivity contribution >= 4 is 23.2 Å². The Morgan fingerprint density at radius 1 is 0.971 bits per heavy atom. The van der Waals surface area contributed by atoms with Gasteiger partial charge in [0.15, 0.2) is 0 Å². The molecule has 4 aliphatic rings. The van der Waals surface area contributed by atoms with E-state index in [2.05, 4.69) is 31.2 Å². The Morgan fingerprint density at radius 2 is 1.59 bits per heavy atom. The molecule has 0 aromatic heterocycles. The molecule has 170 valence electrons. The summed E-state index contributed by atoms with van der Waals surface area (Å²) in [5.74, 6) is -1.84. The first-order chi connectivity index (χ1) is 16.5. The van der Waals surface area contributed by atoms with Crippen LogP contribution < -0.4 is 9.64 Å². The SMILES string of the molecule is CCC12c3ccccc3C(c3ccccc31)[C@H]1C(=O)N(c3cc([N+](=O)[O-])ccc3OC)C(=O)[C@@H]12. The average molecular weight is 454 g/mol. The summed E-state index contributed by atoms with van der Waals surface area (Å²) in [5.41, 5.74) is 3.62. The molecule has 1 saturated heterocycles. The third-order valence-electron chi connectivity index (χ3n) is 7.97. The molecule has 2 bridgehead atoms. The van der Waals surface area contributed by atoms with E-state index in [1.54, 1.807) is 0 Å². The molecular formula is C27H22N2O5. The average Bonchev–Trinajstić information content (AvgIpc) is 3.14. The number of non-ortho nitro benzene ring substituents is 1. The summed E-state index contributed by atoms with van der Waals surface area (Å²) in [6.07, 6.45) is 0.647. The Morgan fingerprint density at radius 3 is 2.15 bits per heavy atom. The lowest BCUT2D eigenvalue weighted by atomic mass is 9.46. The van der Waals surface area contributed by atoms with Crippen LogP contribution in [0.15, 0.2) is 66.7 Å². The fourth-order valence-corrected chi connectivity index (χ4v) is 6.73. The van der Waals surface area contributed by atoms with Crippen molar-refractivity contribution in [2.45, 2.75) is 24.7 Å². The number of nitro groups is 1. The quantitative estimate of drug-likeness (QED) is 0.327. The zero-order chi connectivity index (χ0) is 23.8. The van der Waals surface area contributed by atoms with Gasteiger partial charge in [-0.05, 0) is 34.7 Å². The van der Waals surface area contributed by atoms with Crippen molar-refractivity contribution in [2.75, 3.05) is 12.0 Å². The van der Waals surface area contributed by atoms with Crippen molar-refractivity contribution in [1.82, 2.24) is 0 Å². The van der Waals surface area contributed by atoms with Gasteiger partial charge in [-0.2, -0.15) is 0 Å². The predicted molar refractivity (Wildman–Crippen MR) is 125 cm³/mol. The Hall–Kier alpha value is -4.00. The second-order valence-corrected chi connectivity index (χ2v) is 9.11. The molecule has 0 spiro atoms. The highest BCUT2D eigenvalue weighted by Crippen LogP contribution is 2.65. The lowest BCUT2D eigenvalue weighted by Crippen LogP contribution is -2.53. The minimum absolute atomic E-state index is 0.125. The summed E-state index contributed by atoms with van der Waals surface area (Å²) in [7, 11) is 1.42. The van der Waals surface area contributed by atoms with Crippen molar-refractivity contribution in [3.63, 3.8) is 0 Å². The maximum atomic E-state index is 14.2. The highest BCUT2D eigenvalue weighted by molar-refractivity contribution is 6.24. The molecule has 0 radical (unpaired) electrons. The van der Waals surface area contributed by atoms with Gasteiger partial charge in [0.25, 0.3) is 5.69 Å². The normalized spacial score (nSPS) is 26.2. The van der Waals surface area contributed by atoms with E-state index in [0.717, 1.165) is 27.2 Å². The van der Waals surface area contributed by atoms with Crippen LogP contribution >= 0.6 is 0 Å². The summed E-state index contributed by atoms with van der Waals surface area (Å²) in [6.45, 7) is 2.06. The van der Waals surface area contributed by atoms with E-state index in [1.165, 1.54) is 25.3 Å². The van der Waals surface area contributed by atoms with Crippen LogP contribution in [0.25, 0.3) is 0 Å². The first kappa shape index (κ1) is 20.6. The van der Waals surface area contributed by atoms with Crippen molar-refractivity contribution in [2.24, 2.45) is 11.8 Å². The van der Waals surface area contributed by atoms with Gasteiger partial charge >= 0.3 is 0 Å². The van der Waals surface area contributed by atoms with Crippen LogP contribution in [-0.4, -0.2) is 23.8 Å². The number of carbonyl (C=O) groups excluding carboxylic acids is 2. The molecule has 2 amide bonds. The number of carbonyl (C=O) groups is 2. The van der Waals surface area contributed by atoms with E-state index in [1.807, 2.05) is 24.3 Å². The van der Waals surface area contributed by atoms with Crippen LogP contribution in [0.2, 0.25) is 0 Å². The first-order valence-corrected chi connectivity index (χ1v) is 11.3. The Labute approximate surface area is 196 Å². The third-order valence-corrected chi connectivity index (χ3v) is 7.97. The molecule has 0 unspecified atom stereocenters. The summed E-state index contributed by atoms with van der Waals surface area (Å²) in [4.78, 5) is 40.3. The minimum Gasteiger partial charge on any atom is -0.495 e. The lowest BCUT2D eigenvalue weighted by molar-refractivity contribution is -0.384. The van der Waals surface area contributed by atoms with Gasteiger partial charge in [-0.3, -0.25) is 19.7 Å². The maximum Gasteiger partial charge on any atom is 0.271 e. The third kappa shape index (κ3) is 2.31. The molecule has 0 saturated carbocycles. The van der Waals surface area contributed by atoms with Crippen molar-refractivity contribution in [3.8, 4) is 5.75 Å². The van der Waals surface area contributed by atoms with Gasteiger partial charge in [-0.1, -0.05) is 55.5 Å². The number of methoxy groups -OCH3 is 1. The Kier molecular flexibility index (Phi) is 4.24. The van der Waals surface area contributed by atoms with Gasteiger partial charge in [0.05, 0.1) is 23.9 Å². The second-order valence-electron chi connectivity index (χ2n) is 9.11. The largest absolute Gasteiger partial charge is 0.495 e. The second kappa shape index (κ2) is 7.00. The molecule has 7 heteroatoms. The van der Waals surface area contributed by atoms with Gasteiger partial charge in [0, 0.05) is 23.5 Å². The van der Waals surface area contributed by atoms with E-state index in [4.69, 9.17) is 4.74 Å². The fourth-order valence-electron chi connectivity index (χ4n) is 6.73. The molecule has 7 nitrogen and oxygen atoms in total. The molecule has 7 rings (SSSR count). The van der Waals surface area contributed by atoms with Gasteiger partial charge in [-0.25, -0.2) is 4.90 Å². The van der Waals surface area contributed by atoms with E-state index in [0.29, 0.717) is 6.42 Å². The van der Waals surface area contributed by atoms with Gasteiger partial charge < -0.3 is 4.74 Å². The number of rotatable bonds is 4. The summed E-state index contributed by atoms with van der Waals surface area (Å²) >= 11 is 0. The lowest BCUT2D eigenvalue weighted by Gasteiger charge is -2.54. The van der Waals surface area contributed by atoms with Gasteiger partial charge in [-0.15, -0.1) is 0 Å². The minimum atomic E-state index is -0.651. The van der Waals surface area contributed by atoms with Crippen LogP contribution in [0.4, 0.5) is 11.4 Å². The number of amides is 2. The number of ether oxygens (including phenoxy) is 1. The predicted octanol–water partition coefficient (Wildman–Crippen LogP) is 4.56. The molecule has 1 heterocycles. The maximum absolute atomic E-state index is 14.2. The highest BCUT2D eigenvalue weighted by atomic mass is 16.6. The molecule has 1 aliphatic heterocycles. The number of nitro benzene ring substituents is 1. The number of benzene rings is 3. The van der Waals surface area contributed by atoms with Crippen molar-refractivity contribution in [3.05, 3.63) is 99.1 Å². The standard InChI is InChI=1S/C27H22N2O5/c1-3-27-18-10-6-4-8-16(18)22(17-9-5-7-11-19(17)27)23-24(27)26(31)28(25(23)30)20-14-15(29(32)33)12-13-21(20)34-2/h4-14,22-24H,3H2,1-2H3/t22?,23-,24-,27?/m1/s1. The van der Waals surface area contributed by atoms with Crippen LogP contribution in [0.5, 0.6) is 5.75 Å². The van der Waals surface area contributed by atoms with Gasteiger partial charge in [0.2, 0.25) is 11.8 Å². The molecule has 1 fully saturated rings. The zero-order valence-electron chi connectivity index (χ0n) is 18.7. The number of anilines is 1. The number of hydrogen-bond acceptors (Lipinski definition) is 5. The molecule has 3 aromatic rings. The van der Waals surface area contributed by atoms with E-state index in [-0.39, 0.29) is 34.9 Å². The Bertz CT molecular complexity index is 1350. The van der Waals surface area contributed by atoms with E-state index >= 15 is 0 Å². The monoisotopic (exact) mass is 454 g/mol. The van der Waals surface area contributed by atoms with Crippen molar-refractivity contribution in [1.29, 1.82) is 0 Å². The fraction of sp³-hybridized carbons (Fsp3) is 0.259. The molecule has 0 N–H and O–H groups in total. The number of hydrogen-bond donors (Lipinski definition) is 0. The summed E-state index contributed by atoms with van der Waals surface area (Å²) in [5, 5.41) is 11.5. The molecule has 3 aliphatic carbocycles. The van der Waals surface area contributed by atoms with E-state index in [9.17, 15) is 19.7 Å². The molecular weight excluding hydrogens is 432 g/mol.